The number of nitrogens with one attached hydrogen (secondary N) is 2. The first-order valence-electron chi connectivity index (χ1n) is 16.3. The van der Waals surface area contributed by atoms with Gasteiger partial charge in [-0.15, -0.1) is 0 Å². The molecule has 0 aromatic carbocycles. The molecule has 7 nitrogen and oxygen atoms in total. The van der Waals surface area contributed by atoms with Crippen LogP contribution < -0.4 is 0 Å². The van der Waals surface area contributed by atoms with Gasteiger partial charge in [0.2, 0.25) is 0 Å². The fourth-order valence-corrected chi connectivity index (χ4v) is 7.05. The number of allylic oxidation sites excluding steroid dienone is 4. The van der Waals surface area contributed by atoms with E-state index >= 15 is 0 Å². The first-order valence-corrected chi connectivity index (χ1v) is 16.3. The Balaban J connectivity index is 2.02. The Morgan fingerprint density at radius 3 is 1.84 bits per heavy atom. The fourth-order valence-electron chi connectivity index (χ4n) is 7.05. The zero-order valence-corrected chi connectivity index (χ0v) is 28.2. The Morgan fingerprint density at radius 2 is 1.29 bits per heavy atom. The third-order valence-corrected chi connectivity index (χ3v) is 9.58. The van der Waals surface area contributed by atoms with E-state index in [0.29, 0.717) is 0 Å². The third-order valence-electron chi connectivity index (χ3n) is 9.58. The number of rotatable bonds is 8. The monoisotopic (exact) mass is 603 g/mol. The Bertz CT molecular complexity index is 1960. The van der Waals surface area contributed by atoms with E-state index in [0.717, 1.165) is 98.4 Å². The number of nitrogens with zero attached hydrogens (tertiary/aromatic N) is 3. The SMILES string of the molecule is CCOC(=O)[C@H](C#N)Cc1c2nc(cc3[nH]c(cc4[nH]c(cc5nc1C(CC)=C5C)c(CC)c4C)c(CC)c3C)C(CC)=C2C. The molecule has 1 atom stereocenters. The topological polar surface area (TPSA) is 107 Å². The molecule has 5 heterocycles. The molecule has 0 radical (unpaired) electrons. The van der Waals surface area contributed by atoms with Gasteiger partial charge in [0.1, 0.15) is 5.92 Å². The van der Waals surface area contributed by atoms with E-state index in [2.05, 4.69) is 89.6 Å². The molecule has 234 valence electrons. The van der Waals surface area contributed by atoms with Crippen molar-refractivity contribution in [1.29, 1.82) is 5.26 Å². The van der Waals surface area contributed by atoms with Gasteiger partial charge >= 0.3 is 5.97 Å². The predicted octanol–water partition coefficient (Wildman–Crippen LogP) is 8.98. The van der Waals surface area contributed by atoms with Crippen LogP contribution in [-0.4, -0.2) is 32.5 Å². The van der Waals surface area contributed by atoms with Gasteiger partial charge in [-0.2, -0.15) is 5.26 Å². The lowest BCUT2D eigenvalue weighted by Gasteiger charge is -2.13. The van der Waals surface area contributed by atoms with Crippen molar-refractivity contribution in [2.24, 2.45) is 5.92 Å². The van der Waals surface area contributed by atoms with Crippen molar-refractivity contribution in [1.82, 2.24) is 19.9 Å². The second-order valence-electron chi connectivity index (χ2n) is 12.0. The van der Waals surface area contributed by atoms with Crippen LogP contribution in [0.5, 0.6) is 0 Å². The van der Waals surface area contributed by atoms with Gasteiger partial charge in [-0.1, -0.05) is 27.7 Å². The molecule has 0 saturated heterocycles. The van der Waals surface area contributed by atoms with E-state index in [1.807, 2.05) is 0 Å². The fraction of sp³-hybridized carbons (Fsp3) is 0.421. The van der Waals surface area contributed by atoms with E-state index in [9.17, 15) is 10.1 Å². The average molecular weight is 604 g/mol. The molecule has 3 aromatic heterocycles. The molecule has 0 fully saturated rings. The second kappa shape index (κ2) is 12.9. The van der Waals surface area contributed by atoms with Crippen LogP contribution in [0.15, 0.2) is 18.2 Å². The summed E-state index contributed by atoms with van der Waals surface area (Å²) in [5, 5.41) is 10.1. The molecule has 0 aliphatic carbocycles. The van der Waals surface area contributed by atoms with Crippen molar-refractivity contribution in [2.75, 3.05) is 6.61 Å². The van der Waals surface area contributed by atoms with Gasteiger partial charge in [0.25, 0.3) is 0 Å². The summed E-state index contributed by atoms with van der Waals surface area (Å²) in [7, 11) is 0. The van der Waals surface area contributed by atoms with Gasteiger partial charge in [-0.25, -0.2) is 9.97 Å². The Hall–Kier alpha value is -4.44. The highest BCUT2D eigenvalue weighted by Crippen LogP contribution is 2.40. The van der Waals surface area contributed by atoms with Crippen molar-refractivity contribution in [2.45, 2.75) is 94.4 Å². The Kier molecular flexibility index (Phi) is 9.16. The van der Waals surface area contributed by atoms with E-state index in [-0.39, 0.29) is 13.0 Å². The minimum absolute atomic E-state index is 0.172. The maximum Gasteiger partial charge on any atom is 0.323 e. The smallest absolute Gasteiger partial charge is 0.323 e. The van der Waals surface area contributed by atoms with Crippen molar-refractivity contribution >= 4 is 50.3 Å². The van der Waals surface area contributed by atoms with Crippen LogP contribution in [0.1, 0.15) is 112 Å². The summed E-state index contributed by atoms with van der Waals surface area (Å²) in [6, 6.07) is 8.78. The number of hydrogen-bond acceptors (Lipinski definition) is 5. The number of esters is 1. The molecule has 0 spiro atoms. The van der Waals surface area contributed by atoms with E-state index in [1.165, 1.54) is 22.3 Å². The number of aromatic amines is 2. The zero-order valence-electron chi connectivity index (χ0n) is 28.2. The van der Waals surface area contributed by atoms with Crippen LogP contribution in [0.25, 0.3) is 44.4 Å². The van der Waals surface area contributed by atoms with E-state index in [4.69, 9.17) is 14.7 Å². The van der Waals surface area contributed by atoms with Gasteiger partial charge in [-0.05, 0) is 123 Å². The first kappa shape index (κ1) is 32.0. The van der Waals surface area contributed by atoms with Crippen molar-refractivity contribution in [3.63, 3.8) is 0 Å². The van der Waals surface area contributed by atoms with Crippen LogP contribution in [0.3, 0.4) is 0 Å². The number of H-pyrrole nitrogens is 2. The van der Waals surface area contributed by atoms with E-state index < -0.39 is 11.9 Å². The largest absolute Gasteiger partial charge is 0.465 e. The number of ether oxygens (including phenoxy) is 1. The minimum Gasteiger partial charge on any atom is -0.465 e. The van der Waals surface area contributed by atoms with Gasteiger partial charge < -0.3 is 14.7 Å². The number of aromatic nitrogens is 4. The highest BCUT2D eigenvalue weighted by molar-refractivity contribution is 5.97. The summed E-state index contributed by atoms with van der Waals surface area (Å²) in [5.74, 6) is -1.48. The molecule has 5 rings (SSSR count). The Morgan fingerprint density at radius 1 is 0.733 bits per heavy atom. The summed E-state index contributed by atoms with van der Waals surface area (Å²) in [6.45, 7) is 19.2. The molecule has 8 bridgehead atoms. The second-order valence-corrected chi connectivity index (χ2v) is 12.0. The van der Waals surface area contributed by atoms with Crippen molar-refractivity contribution < 1.29 is 9.53 Å². The lowest BCUT2D eigenvalue weighted by atomic mass is 9.91. The van der Waals surface area contributed by atoms with Crippen LogP contribution in [0.2, 0.25) is 0 Å². The number of carbonyl (C=O) groups is 1. The van der Waals surface area contributed by atoms with Crippen molar-refractivity contribution in [3.05, 3.63) is 68.8 Å². The van der Waals surface area contributed by atoms with Crippen LogP contribution >= 0.6 is 0 Å². The first-order chi connectivity index (χ1) is 21.6. The summed E-state index contributed by atoms with van der Waals surface area (Å²) >= 11 is 0. The summed E-state index contributed by atoms with van der Waals surface area (Å²) in [4.78, 5) is 30.9. The van der Waals surface area contributed by atoms with Gasteiger partial charge in [-0.3, -0.25) is 4.79 Å². The zero-order chi connectivity index (χ0) is 32.6. The van der Waals surface area contributed by atoms with Gasteiger partial charge in [0, 0.05) is 34.1 Å². The predicted molar refractivity (Wildman–Crippen MR) is 184 cm³/mol. The summed E-state index contributed by atoms with van der Waals surface area (Å²) < 4.78 is 5.32. The average Bonchev–Trinajstić information content (AvgIpc) is 3.70. The number of fused-ring (bicyclic) bond motifs is 8. The molecule has 0 amide bonds. The number of carbonyl (C=O) groups excluding carboxylic acids is 1. The van der Waals surface area contributed by atoms with Crippen LogP contribution in [0, 0.1) is 31.1 Å². The van der Waals surface area contributed by atoms with Crippen LogP contribution in [0.4, 0.5) is 0 Å². The molecule has 2 N–H and O–H groups in total. The molecule has 3 aromatic rings. The molecule has 2 aliphatic rings. The summed E-state index contributed by atoms with van der Waals surface area (Å²) in [5.41, 5.74) is 17.9. The van der Waals surface area contributed by atoms with Gasteiger partial charge in [0.05, 0.1) is 35.5 Å². The normalized spacial score (nSPS) is 13.8. The lowest BCUT2D eigenvalue weighted by Crippen LogP contribution is -2.19. The lowest BCUT2D eigenvalue weighted by molar-refractivity contribution is -0.145. The minimum atomic E-state index is -0.968. The maximum absolute atomic E-state index is 13.0. The standard InChI is InChI=1S/C38H45N5O2/c1-10-25-21(7)31-17-35-27(12-3)23(9)36(43-35)29(15-24(19-39)38(44)45-14-5)37-28(13-4)22(8)32(42-37)18-34-26(11-2)20(6)30(40-34)16-33(25)41-31/h16-18,24,40-41H,10-15H2,1-9H3/t24-/m0/s1. The van der Waals surface area contributed by atoms with Crippen molar-refractivity contribution in [3.8, 4) is 6.07 Å². The maximum atomic E-state index is 13.0. The quantitative estimate of drug-likeness (QED) is 0.250. The van der Waals surface area contributed by atoms with E-state index in [1.54, 1.807) is 6.92 Å². The molecule has 0 unspecified atom stereocenters. The summed E-state index contributed by atoms with van der Waals surface area (Å²) in [6.07, 6.45) is 3.52. The highest BCUT2D eigenvalue weighted by atomic mass is 16.5. The number of aryl methyl sites for hydroxylation is 4. The number of nitriles is 1. The highest BCUT2D eigenvalue weighted by Gasteiger charge is 2.29. The Labute approximate surface area is 266 Å². The molecular weight excluding hydrogens is 558 g/mol. The molecule has 0 saturated carbocycles. The third kappa shape index (κ3) is 5.52. The molecule has 2 aliphatic heterocycles. The van der Waals surface area contributed by atoms with Gasteiger partial charge in [0.15, 0.2) is 0 Å². The molecule has 45 heavy (non-hydrogen) atoms. The molecular formula is C38H45N5O2. The number of hydrogen-bond donors (Lipinski definition) is 2. The molecule has 7 heteroatoms. The van der Waals surface area contributed by atoms with Crippen LogP contribution in [-0.2, 0) is 28.8 Å².